The third-order valence-electron chi connectivity index (χ3n) is 2.57. The highest BCUT2D eigenvalue weighted by Crippen LogP contribution is 2.15. The van der Waals surface area contributed by atoms with Crippen LogP contribution in [0.4, 0.5) is 0 Å². The summed E-state index contributed by atoms with van der Waals surface area (Å²) in [6, 6.07) is 0. The minimum Gasteiger partial charge on any atom is -0.481 e. The van der Waals surface area contributed by atoms with Crippen LogP contribution < -0.4 is 0 Å². The van der Waals surface area contributed by atoms with Crippen molar-refractivity contribution in [3.8, 4) is 0 Å². The Hall–Kier alpha value is -1.59. The van der Waals surface area contributed by atoms with E-state index in [1.165, 1.54) is 51.0 Å². The zero-order chi connectivity index (χ0) is 14.7. The van der Waals surface area contributed by atoms with Gasteiger partial charge in [0.25, 0.3) is 11.9 Å². The first-order valence-corrected chi connectivity index (χ1v) is 6.60. The van der Waals surface area contributed by atoms with E-state index < -0.39 is 11.9 Å². The van der Waals surface area contributed by atoms with Crippen molar-refractivity contribution in [1.82, 2.24) is 4.90 Å². The highest BCUT2D eigenvalue weighted by molar-refractivity contribution is 5.83. The van der Waals surface area contributed by atoms with Crippen molar-refractivity contribution in [2.75, 3.05) is 19.6 Å². The summed E-state index contributed by atoms with van der Waals surface area (Å²) in [7, 11) is 0. The van der Waals surface area contributed by atoms with E-state index in [1.807, 2.05) is 0 Å². The Kier molecular flexibility index (Phi) is 9.48. The lowest BCUT2D eigenvalue weighted by atomic mass is 10.2. The van der Waals surface area contributed by atoms with Gasteiger partial charge >= 0.3 is 0 Å². The number of rotatable bonds is 0. The van der Waals surface area contributed by atoms with Crippen LogP contribution in [-0.2, 0) is 9.59 Å². The Morgan fingerprint density at radius 3 is 2.11 bits per heavy atom. The van der Waals surface area contributed by atoms with E-state index in [-0.39, 0.29) is 0 Å². The van der Waals surface area contributed by atoms with Gasteiger partial charge in [-0.15, -0.1) is 0 Å². The van der Waals surface area contributed by atoms with Gasteiger partial charge in [0.2, 0.25) is 0 Å². The first kappa shape index (κ1) is 17.4. The number of nitrogens with zero attached hydrogens (tertiary/aromatic N) is 2. The van der Waals surface area contributed by atoms with Crippen LogP contribution in [0.1, 0.15) is 46.0 Å². The molecule has 0 bridgehead atoms. The minimum absolute atomic E-state index is 0.833. The summed E-state index contributed by atoms with van der Waals surface area (Å²) < 4.78 is 0. The van der Waals surface area contributed by atoms with Crippen LogP contribution in [0.2, 0.25) is 0 Å². The maximum atomic E-state index is 9.00. The molecule has 2 aliphatic rings. The first-order valence-electron chi connectivity index (χ1n) is 6.60. The number of aliphatic carboxylic acids is 2. The molecular formula is C13H24N2O4. The van der Waals surface area contributed by atoms with Gasteiger partial charge < -0.3 is 15.1 Å². The Labute approximate surface area is 114 Å². The molecule has 19 heavy (non-hydrogen) atoms. The maximum Gasteiger partial charge on any atom is 0.300 e. The van der Waals surface area contributed by atoms with Crippen LogP contribution in [0.3, 0.4) is 0 Å². The van der Waals surface area contributed by atoms with E-state index in [1.54, 1.807) is 0 Å². The zero-order valence-corrected chi connectivity index (χ0v) is 11.8. The number of hydrogen-bond acceptors (Lipinski definition) is 4. The lowest BCUT2D eigenvalue weighted by molar-refractivity contribution is -0.135. The van der Waals surface area contributed by atoms with Crippen molar-refractivity contribution >= 4 is 17.8 Å². The fourth-order valence-corrected chi connectivity index (χ4v) is 1.94. The molecular weight excluding hydrogens is 248 g/mol. The fourth-order valence-electron chi connectivity index (χ4n) is 1.94. The number of hydrogen-bond donors (Lipinski definition) is 2. The molecule has 1 saturated heterocycles. The van der Waals surface area contributed by atoms with Crippen LogP contribution in [0.5, 0.6) is 0 Å². The van der Waals surface area contributed by atoms with Gasteiger partial charge in [0.1, 0.15) is 0 Å². The van der Waals surface area contributed by atoms with Crippen molar-refractivity contribution < 1.29 is 19.8 Å². The number of amidine groups is 1. The average Bonchev–Trinajstić information content (AvgIpc) is 2.52. The molecule has 0 amide bonds. The van der Waals surface area contributed by atoms with Crippen molar-refractivity contribution in [2.24, 2.45) is 4.99 Å². The third-order valence-corrected chi connectivity index (χ3v) is 2.57. The summed E-state index contributed by atoms with van der Waals surface area (Å²) in [6.45, 7) is 5.77. The Morgan fingerprint density at radius 2 is 1.53 bits per heavy atom. The van der Waals surface area contributed by atoms with E-state index in [0.29, 0.717) is 0 Å². The van der Waals surface area contributed by atoms with Crippen LogP contribution >= 0.6 is 0 Å². The third kappa shape index (κ3) is 11.2. The number of fused-ring (bicyclic) bond motifs is 1. The molecule has 6 nitrogen and oxygen atoms in total. The molecule has 0 aromatic carbocycles. The number of carbonyl (C=O) groups is 2. The highest BCUT2D eigenvalue weighted by atomic mass is 16.4. The predicted molar refractivity (Wildman–Crippen MR) is 73.6 cm³/mol. The Morgan fingerprint density at radius 1 is 1.00 bits per heavy atom. The predicted octanol–water partition coefficient (Wildman–Crippen LogP) is 1.85. The Bertz CT molecular complexity index is 296. The fraction of sp³-hybridized carbons (Fsp3) is 0.769. The monoisotopic (exact) mass is 272 g/mol. The quantitative estimate of drug-likeness (QED) is 0.702. The molecule has 0 saturated carbocycles. The summed E-state index contributed by atoms with van der Waals surface area (Å²) in [4.78, 5) is 25.0. The molecule has 2 N–H and O–H groups in total. The first-order chi connectivity index (χ1) is 8.93. The molecule has 110 valence electrons. The standard InChI is InChI=1S/C9H16N2.2C2H4O2/c1-2-5-9-10-6-4-8-11(9)7-3-1;2*1-2(3)4/h1-8H2;2*1H3,(H,3,4). The maximum absolute atomic E-state index is 9.00. The second-order valence-corrected chi connectivity index (χ2v) is 4.49. The summed E-state index contributed by atoms with van der Waals surface area (Å²) in [5.41, 5.74) is 0. The number of carboxylic acid groups (broad SMARTS) is 2. The largest absolute Gasteiger partial charge is 0.481 e. The van der Waals surface area contributed by atoms with Gasteiger partial charge in [0.05, 0.1) is 5.84 Å². The van der Waals surface area contributed by atoms with Crippen LogP contribution in [0.25, 0.3) is 0 Å². The Balaban J connectivity index is 0.000000342. The molecule has 2 heterocycles. The lowest BCUT2D eigenvalue weighted by Gasteiger charge is -2.27. The summed E-state index contributed by atoms with van der Waals surface area (Å²) in [6.07, 6.45) is 6.63. The van der Waals surface area contributed by atoms with E-state index in [2.05, 4.69) is 9.89 Å². The van der Waals surface area contributed by atoms with Gasteiger partial charge in [-0.3, -0.25) is 14.6 Å². The minimum atomic E-state index is -0.833. The average molecular weight is 272 g/mol. The van der Waals surface area contributed by atoms with Crippen LogP contribution in [0.15, 0.2) is 4.99 Å². The summed E-state index contributed by atoms with van der Waals surface area (Å²) in [5.74, 6) is -0.270. The molecule has 0 unspecified atom stereocenters. The van der Waals surface area contributed by atoms with Crippen molar-refractivity contribution in [3.63, 3.8) is 0 Å². The van der Waals surface area contributed by atoms with Gasteiger partial charge in [0.15, 0.2) is 0 Å². The van der Waals surface area contributed by atoms with Gasteiger partial charge in [-0.2, -0.15) is 0 Å². The summed E-state index contributed by atoms with van der Waals surface area (Å²) >= 11 is 0. The SMILES string of the molecule is C1CCC2=NCCCN2CC1.CC(=O)O.CC(=O)O. The smallest absolute Gasteiger partial charge is 0.300 e. The molecule has 0 aromatic heterocycles. The van der Waals surface area contributed by atoms with Crippen molar-refractivity contribution in [2.45, 2.75) is 46.0 Å². The van der Waals surface area contributed by atoms with Gasteiger partial charge in [-0.05, 0) is 19.3 Å². The molecule has 1 fully saturated rings. The second-order valence-electron chi connectivity index (χ2n) is 4.49. The van der Waals surface area contributed by atoms with E-state index >= 15 is 0 Å². The van der Waals surface area contributed by atoms with Gasteiger partial charge in [0, 0.05) is 39.9 Å². The molecule has 0 aliphatic carbocycles. The van der Waals surface area contributed by atoms with Crippen LogP contribution in [0, 0.1) is 0 Å². The molecule has 0 spiro atoms. The van der Waals surface area contributed by atoms with E-state index in [9.17, 15) is 0 Å². The van der Waals surface area contributed by atoms with Crippen molar-refractivity contribution in [1.29, 1.82) is 0 Å². The molecule has 0 atom stereocenters. The molecule has 0 aromatic rings. The lowest BCUT2D eigenvalue weighted by Crippen LogP contribution is -2.34. The van der Waals surface area contributed by atoms with Crippen molar-refractivity contribution in [3.05, 3.63) is 0 Å². The zero-order valence-electron chi connectivity index (χ0n) is 11.8. The topological polar surface area (TPSA) is 90.2 Å². The molecule has 2 aliphatic heterocycles. The van der Waals surface area contributed by atoms with Crippen LogP contribution in [-0.4, -0.2) is 52.5 Å². The molecule has 0 radical (unpaired) electrons. The van der Waals surface area contributed by atoms with Gasteiger partial charge in [-0.25, -0.2) is 0 Å². The van der Waals surface area contributed by atoms with E-state index in [0.717, 1.165) is 20.4 Å². The van der Waals surface area contributed by atoms with E-state index in [4.69, 9.17) is 19.8 Å². The molecule has 6 heteroatoms. The highest BCUT2D eigenvalue weighted by Gasteiger charge is 2.16. The second kappa shape index (κ2) is 10.3. The number of aliphatic imine (C=N–C) groups is 1. The van der Waals surface area contributed by atoms with Gasteiger partial charge in [-0.1, -0.05) is 6.42 Å². The normalized spacial score (nSPS) is 17.4. The summed E-state index contributed by atoms with van der Waals surface area (Å²) in [5, 5.41) is 14.8. The number of carboxylic acids is 2. The molecule has 2 rings (SSSR count).